The lowest BCUT2D eigenvalue weighted by molar-refractivity contribution is 0.122. The van der Waals surface area contributed by atoms with Crippen LogP contribution in [0.25, 0.3) is 17.4 Å². The molecule has 0 unspecified atom stereocenters. The summed E-state index contributed by atoms with van der Waals surface area (Å²) in [5, 5.41) is 8.61. The van der Waals surface area contributed by atoms with E-state index in [2.05, 4.69) is 25.3 Å². The van der Waals surface area contributed by atoms with Crippen LogP contribution in [0.3, 0.4) is 0 Å². The zero-order chi connectivity index (χ0) is 19.8. The second-order valence-corrected chi connectivity index (χ2v) is 7.21. The van der Waals surface area contributed by atoms with Crippen LogP contribution >= 0.6 is 11.6 Å². The Bertz CT molecular complexity index is 1150. The number of nitrogens with zero attached hydrogens (tertiary/aromatic N) is 5. The summed E-state index contributed by atoms with van der Waals surface area (Å²) >= 11 is 6.57. The van der Waals surface area contributed by atoms with Crippen molar-refractivity contribution in [2.75, 3.05) is 36.5 Å². The van der Waals surface area contributed by atoms with E-state index < -0.39 is 0 Å². The number of nitrogens with one attached hydrogen (secondary N) is 1. The number of ether oxygens (including phenoxy) is 1. The summed E-state index contributed by atoms with van der Waals surface area (Å²) in [6.45, 7) is 5.03. The molecule has 1 N–H and O–H groups in total. The summed E-state index contributed by atoms with van der Waals surface area (Å²) in [5.74, 6) is 2.32. The van der Waals surface area contributed by atoms with Crippen molar-refractivity contribution in [3.05, 3.63) is 53.4 Å². The molecule has 0 amide bonds. The van der Waals surface area contributed by atoms with Gasteiger partial charge in [-0.2, -0.15) is 9.50 Å². The third kappa shape index (κ3) is 3.52. The maximum atomic E-state index is 6.57. The van der Waals surface area contributed by atoms with Crippen molar-refractivity contribution in [2.24, 2.45) is 0 Å². The Balaban J connectivity index is 1.47. The summed E-state index contributed by atoms with van der Waals surface area (Å²) in [6.07, 6.45) is 1.59. The summed E-state index contributed by atoms with van der Waals surface area (Å²) in [7, 11) is 0. The van der Waals surface area contributed by atoms with Crippen molar-refractivity contribution in [3.8, 4) is 11.6 Å². The first-order valence-corrected chi connectivity index (χ1v) is 9.73. The second-order valence-electron chi connectivity index (χ2n) is 6.80. The number of rotatable bonds is 4. The summed E-state index contributed by atoms with van der Waals surface area (Å²) in [5.41, 5.74) is 2.70. The number of hydrogen-bond acceptors (Lipinski definition) is 7. The standard InChI is InChI=1S/C20H19ClN6O2/c1-13-11-18(27-20(22-13)24-19(25-27)17-3-2-8-29-17)23-14-4-5-16(15(21)12-14)26-6-9-28-10-7-26/h2-5,8,11-12,23H,6-7,9-10H2,1H3. The van der Waals surface area contributed by atoms with E-state index in [-0.39, 0.29) is 0 Å². The molecular weight excluding hydrogens is 392 g/mol. The van der Waals surface area contributed by atoms with Gasteiger partial charge in [-0.3, -0.25) is 0 Å². The van der Waals surface area contributed by atoms with Crippen LogP contribution in [0.2, 0.25) is 5.02 Å². The number of aryl methyl sites for hydroxylation is 1. The Hall–Kier alpha value is -3.10. The largest absolute Gasteiger partial charge is 0.461 e. The van der Waals surface area contributed by atoms with Gasteiger partial charge in [0.2, 0.25) is 5.82 Å². The molecule has 29 heavy (non-hydrogen) atoms. The van der Waals surface area contributed by atoms with Gasteiger partial charge in [0, 0.05) is 30.5 Å². The van der Waals surface area contributed by atoms with Crippen LogP contribution in [-0.2, 0) is 4.74 Å². The van der Waals surface area contributed by atoms with E-state index in [1.807, 2.05) is 37.3 Å². The van der Waals surface area contributed by atoms with Crippen LogP contribution in [0.15, 0.2) is 47.1 Å². The summed E-state index contributed by atoms with van der Waals surface area (Å²) < 4.78 is 12.5. The van der Waals surface area contributed by atoms with Gasteiger partial charge in [0.15, 0.2) is 5.76 Å². The molecule has 5 rings (SSSR count). The first-order valence-electron chi connectivity index (χ1n) is 9.35. The normalized spacial score (nSPS) is 14.5. The minimum atomic E-state index is 0.483. The monoisotopic (exact) mass is 410 g/mol. The van der Waals surface area contributed by atoms with E-state index in [4.69, 9.17) is 20.8 Å². The Morgan fingerprint density at radius 3 is 2.72 bits per heavy atom. The molecule has 4 heterocycles. The molecule has 4 aromatic rings. The lowest BCUT2D eigenvalue weighted by atomic mass is 10.2. The summed E-state index contributed by atoms with van der Waals surface area (Å²) in [4.78, 5) is 11.2. The summed E-state index contributed by atoms with van der Waals surface area (Å²) in [6, 6.07) is 11.5. The zero-order valence-corrected chi connectivity index (χ0v) is 16.6. The smallest absolute Gasteiger partial charge is 0.255 e. The van der Waals surface area contributed by atoms with Crippen molar-refractivity contribution in [2.45, 2.75) is 6.92 Å². The highest BCUT2D eigenvalue weighted by atomic mass is 35.5. The van der Waals surface area contributed by atoms with Gasteiger partial charge in [0.25, 0.3) is 5.78 Å². The average Bonchev–Trinajstić information content (AvgIpc) is 3.38. The maximum Gasteiger partial charge on any atom is 0.255 e. The quantitative estimate of drug-likeness (QED) is 0.546. The molecule has 1 aliphatic rings. The van der Waals surface area contributed by atoms with Crippen LogP contribution in [0.1, 0.15) is 5.69 Å². The number of halogens is 1. The number of hydrogen-bond donors (Lipinski definition) is 1. The van der Waals surface area contributed by atoms with Crippen molar-refractivity contribution in [3.63, 3.8) is 0 Å². The SMILES string of the molecule is Cc1cc(Nc2ccc(N3CCOCC3)c(Cl)c2)n2nc(-c3ccco3)nc2n1. The Labute approximate surface area is 172 Å². The van der Waals surface area contributed by atoms with Gasteiger partial charge in [-0.25, -0.2) is 4.98 Å². The molecule has 0 atom stereocenters. The van der Waals surface area contributed by atoms with E-state index in [9.17, 15) is 0 Å². The van der Waals surface area contributed by atoms with Crippen LogP contribution in [-0.4, -0.2) is 45.9 Å². The van der Waals surface area contributed by atoms with E-state index in [1.165, 1.54) is 0 Å². The predicted molar refractivity (Wildman–Crippen MR) is 111 cm³/mol. The number of fused-ring (bicyclic) bond motifs is 1. The highest BCUT2D eigenvalue weighted by Crippen LogP contribution is 2.31. The van der Waals surface area contributed by atoms with Crippen molar-refractivity contribution in [1.29, 1.82) is 0 Å². The number of furan rings is 1. The minimum Gasteiger partial charge on any atom is -0.461 e. The number of benzene rings is 1. The Kier molecular flexibility index (Phi) is 4.57. The zero-order valence-electron chi connectivity index (χ0n) is 15.8. The maximum absolute atomic E-state index is 6.57. The molecule has 0 spiro atoms. The number of morpholine rings is 1. The molecule has 1 fully saturated rings. The fraction of sp³-hybridized carbons (Fsp3) is 0.250. The van der Waals surface area contributed by atoms with Crippen LogP contribution < -0.4 is 10.2 Å². The van der Waals surface area contributed by atoms with Crippen molar-refractivity contribution in [1.82, 2.24) is 19.6 Å². The van der Waals surface area contributed by atoms with Gasteiger partial charge >= 0.3 is 0 Å². The van der Waals surface area contributed by atoms with E-state index in [0.29, 0.717) is 22.4 Å². The van der Waals surface area contributed by atoms with E-state index in [0.717, 1.165) is 49.2 Å². The first-order chi connectivity index (χ1) is 14.2. The van der Waals surface area contributed by atoms with Crippen LogP contribution in [0, 0.1) is 6.92 Å². The number of aromatic nitrogens is 4. The minimum absolute atomic E-state index is 0.483. The molecule has 1 saturated heterocycles. The van der Waals surface area contributed by atoms with Gasteiger partial charge in [-0.15, -0.1) is 5.10 Å². The molecule has 0 aliphatic carbocycles. The fourth-order valence-corrected chi connectivity index (χ4v) is 3.68. The van der Waals surface area contributed by atoms with Crippen molar-refractivity contribution < 1.29 is 9.15 Å². The predicted octanol–water partition coefficient (Wildman–Crippen LogP) is 3.93. The highest BCUT2D eigenvalue weighted by Gasteiger charge is 2.16. The van der Waals surface area contributed by atoms with Gasteiger partial charge in [0.1, 0.15) is 5.82 Å². The first kappa shape index (κ1) is 18.0. The third-order valence-corrected chi connectivity index (χ3v) is 5.06. The number of anilines is 3. The van der Waals surface area contributed by atoms with Gasteiger partial charge in [-0.1, -0.05) is 11.6 Å². The molecule has 148 valence electrons. The lowest BCUT2D eigenvalue weighted by Crippen LogP contribution is -2.36. The molecule has 9 heteroatoms. The Morgan fingerprint density at radius 2 is 1.97 bits per heavy atom. The lowest BCUT2D eigenvalue weighted by Gasteiger charge is -2.29. The fourth-order valence-electron chi connectivity index (χ4n) is 3.38. The molecule has 1 aliphatic heterocycles. The molecule has 0 bridgehead atoms. The van der Waals surface area contributed by atoms with Gasteiger partial charge in [0.05, 0.1) is 30.2 Å². The average molecular weight is 411 g/mol. The van der Waals surface area contributed by atoms with Crippen molar-refractivity contribution >= 4 is 34.6 Å². The van der Waals surface area contributed by atoms with E-state index >= 15 is 0 Å². The molecule has 0 radical (unpaired) electrons. The third-order valence-electron chi connectivity index (χ3n) is 4.75. The van der Waals surface area contributed by atoms with Crippen LogP contribution in [0.5, 0.6) is 0 Å². The topological polar surface area (TPSA) is 80.7 Å². The second kappa shape index (κ2) is 7.38. The van der Waals surface area contributed by atoms with Gasteiger partial charge < -0.3 is 19.4 Å². The molecule has 1 aromatic carbocycles. The Morgan fingerprint density at radius 1 is 1.10 bits per heavy atom. The highest BCUT2D eigenvalue weighted by molar-refractivity contribution is 6.33. The van der Waals surface area contributed by atoms with E-state index in [1.54, 1.807) is 16.8 Å². The molecular formula is C20H19ClN6O2. The van der Waals surface area contributed by atoms with Gasteiger partial charge in [-0.05, 0) is 37.3 Å². The molecule has 8 nitrogen and oxygen atoms in total. The molecule has 0 saturated carbocycles. The molecule has 3 aromatic heterocycles. The van der Waals surface area contributed by atoms with Crippen LogP contribution in [0.4, 0.5) is 17.2 Å².